The van der Waals surface area contributed by atoms with Crippen molar-refractivity contribution in [2.75, 3.05) is 0 Å². The van der Waals surface area contributed by atoms with Gasteiger partial charge in [0.25, 0.3) is 0 Å². The second-order valence-electron chi connectivity index (χ2n) is 11.5. The highest BCUT2D eigenvalue weighted by atomic mass is 28.3. The van der Waals surface area contributed by atoms with E-state index in [1.165, 1.54) is 87.9 Å². The predicted octanol–water partition coefficient (Wildman–Crippen LogP) is 7.28. The lowest BCUT2D eigenvalue weighted by atomic mass is 9.92. The van der Waals surface area contributed by atoms with E-state index < -0.39 is 8.40 Å². The second kappa shape index (κ2) is 10.6. The van der Waals surface area contributed by atoms with Crippen LogP contribution in [0.2, 0.25) is 0 Å². The van der Waals surface area contributed by atoms with Gasteiger partial charge in [-0.3, -0.25) is 0 Å². The highest BCUT2D eigenvalue weighted by Crippen LogP contribution is 2.62. The van der Waals surface area contributed by atoms with E-state index in [0.29, 0.717) is 12.1 Å². The molecule has 182 valence electrons. The molecule has 4 saturated carbocycles. The first-order valence-corrected chi connectivity index (χ1v) is 15.7. The van der Waals surface area contributed by atoms with Gasteiger partial charge in [0, 0.05) is 23.2 Å². The smallest absolute Gasteiger partial charge is 0.217 e. The van der Waals surface area contributed by atoms with Crippen LogP contribution in [0.25, 0.3) is 0 Å². The Morgan fingerprint density at radius 1 is 0.424 bits per heavy atom. The first-order chi connectivity index (χ1) is 15.7. The lowest BCUT2D eigenvalue weighted by Crippen LogP contribution is -2.76. The van der Waals surface area contributed by atoms with Crippen LogP contribution in [0, 0.1) is 58.4 Å². The summed E-state index contributed by atoms with van der Waals surface area (Å²) in [5, 5.41) is 0. The first kappa shape index (κ1) is 26.2. The third-order valence-corrected chi connectivity index (χ3v) is 14.4. The molecule has 0 atom stereocenters. The van der Waals surface area contributed by atoms with Gasteiger partial charge in [-0.05, 0) is 73.0 Å². The minimum Gasteiger partial charge on any atom is -0.322 e. The van der Waals surface area contributed by atoms with Crippen molar-refractivity contribution in [1.82, 2.24) is 9.96 Å². The number of rotatable bonds is 6. The molecule has 4 aliphatic carbocycles. The average Bonchev–Trinajstić information content (AvgIpc) is 3.13. The largest absolute Gasteiger partial charge is 0.322 e. The summed E-state index contributed by atoms with van der Waals surface area (Å²) >= 11 is 0. The minimum absolute atomic E-state index is 0.630. The van der Waals surface area contributed by atoms with Crippen molar-refractivity contribution in [3.05, 3.63) is 58.4 Å². The van der Waals surface area contributed by atoms with E-state index in [1.807, 2.05) is 0 Å². The third kappa shape index (κ3) is 4.78. The molecule has 0 bridgehead atoms. The Balaban J connectivity index is 1.80. The molecule has 2 nitrogen and oxygen atoms in total. The van der Waals surface area contributed by atoms with Crippen LogP contribution >= 0.6 is 0 Å². The number of hydrogen-bond donors (Lipinski definition) is 2. The molecule has 2 N–H and O–H groups in total. The lowest BCUT2D eigenvalue weighted by Gasteiger charge is -2.52. The van der Waals surface area contributed by atoms with E-state index in [2.05, 4.69) is 65.4 Å². The molecule has 0 unspecified atom stereocenters. The molecule has 3 heteroatoms. The summed E-state index contributed by atoms with van der Waals surface area (Å²) in [4.78, 5) is 9.04. The summed E-state index contributed by atoms with van der Waals surface area (Å²) in [6.45, 7) is 19.0. The van der Waals surface area contributed by atoms with Crippen LogP contribution in [0.1, 0.15) is 120 Å². The van der Waals surface area contributed by atoms with Gasteiger partial charge in [-0.15, -0.1) is 0 Å². The van der Waals surface area contributed by atoms with Crippen molar-refractivity contribution in [2.45, 2.75) is 132 Å². The van der Waals surface area contributed by atoms with Gasteiger partial charge in [0.2, 0.25) is 8.40 Å². The van der Waals surface area contributed by atoms with Crippen LogP contribution in [-0.4, -0.2) is 20.5 Å². The predicted molar refractivity (Wildman–Crippen MR) is 144 cm³/mol. The maximum atomic E-state index is 4.52. The van der Waals surface area contributed by atoms with Crippen molar-refractivity contribution in [3.8, 4) is 0 Å². The van der Waals surface area contributed by atoms with Gasteiger partial charge in [-0.25, -0.2) is 0 Å². The Labute approximate surface area is 208 Å². The topological polar surface area (TPSA) is 24.1 Å². The van der Waals surface area contributed by atoms with E-state index in [1.54, 1.807) is 34.8 Å². The molecule has 10 radical (unpaired) electrons. The Hall–Kier alpha value is 0.137. The second-order valence-corrected chi connectivity index (χ2v) is 14.5. The van der Waals surface area contributed by atoms with Crippen LogP contribution in [0.4, 0.5) is 0 Å². The summed E-state index contributed by atoms with van der Waals surface area (Å²) in [6.07, 6.45) is 13.6. The Morgan fingerprint density at radius 2 is 0.697 bits per heavy atom. The zero-order valence-corrected chi connectivity index (χ0v) is 23.7. The van der Waals surface area contributed by atoms with Crippen molar-refractivity contribution in [3.63, 3.8) is 0 Å². The summed E-state index contributed by atoms with van der Waals surface area (Å²) < 4.78 is 0. The molecular weight excluding hydrogens is 416 g/mol. The van der Waals surface area contributed by atoms with Crippen LogP contribution in [-0.2, 0) is 0 Å². The molecule has 0 aliphatic heterocycles. The maximum Gasteiger partial charge on any atom is 0.217 e. The standard InChI is InChI=1S/C30H48N2Si/c1-19-20(2)24(6)29(23(19)5)33(31-27-15-11-9-12-16-27,32-28-17-13-10-14-18-28)30-25(7)21(3)22(4)26(30)8/h27-28,31-32H,9-18H2,1-8H3. The molecule has 0 aromatic rings. The van der Waals surface area contributed by atoms with Gasteiger partial charge in [-0.1, -0.05) is 93.9 Å². The fourth-order valence-electron chi connectivity index (χ4n) is 7.12. The summed E-state index contributed by atoms with van der Waals surface area (Å²) in [5.74, 6) is 12.2. The van der Waals surface area contributed by atoms with Gasteiger partial charge >= 0.3 is 0 Å². The number of hydrogen-bond acceptors (Lipinski definition) is 2. The molecule has 0 heterocycles. The van der Waals surface area contributed by atoms with Gasteiger partial charge in [-0.2, -0.15) is 0 Å². The molecule has 0 aromatic heterocycles. The van der Waals surface area contributed by atoms with Crippen LogP contribution in [0.5, 0.6) is 0 Å². The fraction of sp³-hybridized carbons (Fsp3) is 0.667. The van der Waals surface area contributed by atoms with E-state index >= 15 is 0 Å². The molecule has 4 rings (SSSR count). The van der Waals surface area contributed by atoms with E-state index in [0.717, 1.165) is 0 Å². The normalized spacial score (nSPS) is 29.8. The van der Waals surface area contributed by atoms with E-state index in [9.17, 15) is 0 Å². The third-order valence-electron chi connectivity index (χ3n) is 9.68. The van der Waals surface area contributed by atoms with E-state index in [4.69, 9.17) is 0 Å². The van der Waals surface area contributed by atoms with Crippen molar-refractivity contribution >= 4 is 8.40 Å². The van der Waals surface area contributed by atoms with Gasteiger partial charge in [0.05, 0.1) is 0 Å². The summed E-state index contributed by atoms with van der Waals surface area (Å²) in [5.41, 5.74) is 3.31. The SMILES string of the molecule is C[C]1[C](C)[C](C)[C]([Si](NC2CCCCC2)(NC2CCCCC2)[C]2[C](C)[C](C)[C](C)[C]2C)[C]1C. The Morgan fingerprint density at radius 3 is 0.970 bits per heavy atom. The molecule has 33 heavy (non-hydrogen) atoms. The first-order valence-electron chi connectivity index (χ1n) is 13.7. The zero-order chi connectivity index (χ0) is 23.9. The van der Waals surface area contributed by atoms with Gasteiger partial charge < -0.3 is 9.96 Å². The van der Waals surface area contributed by atoms with Crippen LogP contribution in [0.15, 0.2) is 0 Å². The van der Waals surface area contributed by atoms with Gasteiger partial charge in [0.1, 0.15) is 0 Å². The molecular formula is C30H48N2Si. The number of nitrogens with one attached hydrogen (secondary N) is 2. The Bertz CT molecular complexity index is 543. The molecule has 0 spiro atoms. The quantitative estimate of drug-likeness (QED) is 0.403. The maximum absolute atomic E-state index is 4.52. The van der Waals surface area contributed by atoms with Crippen LogP contribution in [0.3, 0.4) is 0 Å². The monoisotopic (exact) mass is 464 g/mol. The molecule has 0 saturated heterocycles. The summed E-state index contributed by atoms with van der Waals surface area (Å²) in [7, 11) is -2.42. The Kier molecular flexibility index (Phi) is 8.44. The minimum atomic E-state index is -2.42. The molecule has 4 fully saturated rings. The molecule has 0 aromatic carbocycles. The summed E-state index contributed by atoms with van der Waals surface area (Å²) in [6, 6.07) is 1.26. The lowest BCUT2D eigenvalue weighted by molar-refractivity contribution is 0.389. The molecule has 0 amide bonds. The fourth-order valence-corrected chi connectivity index (χ4v) is 12.8. The highest BCUT2D eigenvalue weighted by Gasteiger charge is 2.65. The zero-order valence-electron chi connectivity index (χ0n) is 22.7. The van der Waals surface area contributed by atoms with Crippen molar-refractivity contribution in [1.29, 1.82) is 0 Å². The van der Waals surface area contributed by atoms with Crippen molar-refractivity contribution in [2.24, 2.45) is 0 Å². The van der Waals surface area contributed by atoms with Crippen molar-refractivity contribution < 1.29 is 0 Å². The van der Waals surface area contributed by atoms with E-state index in [-0.39, 0.29) is 0 Å². The average molecular weight is 465 g/mol. The van der Waals surface area contributed by atoms with Gasteiger partial charge in [0.15, 0.2) is 0 Å². The molecule has 4 aliphatic rings. The highest BCUT2D eigenvalue weighted by molar-refractivity contribution is 6.88. The van der Waals surface area contributed by atoms with Crippen LogP contribution < -0.4 is 9.96 Å².